The number of hydrogen-bond acceptors (Lipinski definition) is 7. The first-order valence-corrected chi connectivity index (χ1v) is 8.71. The number of rotatable bonds is 5. The Morgan fingerprint density at radius 3 is 2.38 bits per heavy atom. The van der Waals surface area contributed by atoms with Crippen LogP contribution in [0.5, 0.6) is 0 Å². The van der Waals surface area contributed by atoms with Crippen molar-refractivity contribution in [2.45, 2.75) is 19.6 Å². The fraction of sp³-hybridized carbons (Fsp3) is 0.167. The van der Waals surface area contributed by atoms with Gasteiger partial charge in [0.15, 0.2) is 11.2 Å². The van der Waals surface area contributed by atoms with E-state index in [1.54, 1.807) is 0 Å². The fourth-order valence-corrected chi connectivity index (χ4v) is 2.64. The van der Waals surface area contributed by atoms with Crippen molar-refractivity contribution in [3.8, 4) is 0 Å². The van der Waals surface area contributed by atoms with Gasteiger partial charge in [-0.25, -0.2) is 14.8 Å². The van der Waals surface area contributed by atoms with Gasteiger partial charge in [-0.15, -0.1) is 0 Å². The average molecular weight is 456 g/mol. The molecule has 3 aromatic rings. The molecule has 0 spiro atoms. The number of carboxylic acids is 1. The molecule has 3 N–H and O–H groups in total. The molecule has 0 unspecified atom stereocenters. The van der Waals surface area contributed by atoms with Gasteiger partial charge in [-0.05, 0) is 24.3 Å². The van der Waals surface area contributed by atoms with Gasteiger partial charge in [0.1, 0.15) is 0 Å². The van der Waals surface area contributed by atoms with Gasteiger partial charge < -0.3 is 5.11 Å². The van der Waals surface area contributed by atoms with Crippen LogP contribution in [0.25, 0.3) is 11.2 Å². The largest absolute Gasteiger partial charge is 0.478 e. The maximum atomic E-state index is 13.1. The number of aromatic amines is 1. The summed E-state index contributed by atoms with van der Waals surface area (Å²) in [6.07, 6.45) is -4.21. The number of fused-ring (bicyclic) bond motifs is 1. The molecule has 166 valence electrons. The number of anilines is 2. The molecule has 0 atom stereocenters. The number of H-pyrrole nitrogens is 1. The van der Waals surface area contributed by atoms with Gasteiger partial charge in [0.25, 0.3) is 5.56 Å². The highest BCUT2D eigenvalue weighted by molar-refractivity contribution is 5.97. The Bertz CT molecular complexity index is 1270. The number of halogens is 3. The van der Waals surface area contributed by atoms with Crippen LogP contribution < -0.4 is 15.8 Å². The second-order valence-electron chi connectivity index (χ2n) is 6.37. The lowest BCUT2D eigenvalue weighted by Gasteiger charge is -2.23. The minimum atomic E-state index is -5.23. The van der Waals surface area contributed by atoms with Crippen LogP contribution in [0.4, 0.5) is 24.8 Å². The molecular formula is C18H13F3N6O5. The molecule has 2 heterocycles. The SMILES string of the molecule is CC(=O)Nc1nc2ncc(CN(C(=O)C(F)(F)F)[13c]3[13cH][13cH][13c](C(=O)O)[13cH][13cH]3)nc2c(=O)[nH]1. The average Bonchev–Trinajstić information content (AvgIpc) is 2.71. The third kappa shape index (κ3) is 4.85. The standard InChI is InChI=1S/C18H13F3N6O5/c1-8(28)23-17-25-13-12(14(29)26-17)24-10(6-22-13)7-27(16(32)18(19,20)21)11-4-2-9(3-5-11)15(30)31/h2-6H,7H2,1H3,(H,30,31)(H2,22,23,25,26,28,29)/i2+1,3+1,4+1,5+1,9+1,11+1. The Kier molecular flexibility index (Phi) is 5.87. The Morgan fingerprint density at radius 2 is 1.81 bits per heavy atom. The summed E-state index contributed by atoms with van der Waals surface area (Å²) >= 11 is 0. The summed E-state index contributed by atoms with van der Waals surface area (Å²) < 4.78 is 39.4. The predicted molar refractivity (Wildman–Crippen MR) is 103 cm³/mol. The first-order chi connectivity index (χ1) is 15.0. The molecule has 2 aromatic heterocycles. The van der Waals surface area contributed by atoms with E-state index in [0.717, 1.165) is 30.5 Å². The van der Waals surface area contributed by atoms with E-state index >= 15 is 0 Å². The quantitative estimate of drug-likeness (QED) is 0.521. The minimum Gasteiger partial charge on any atom is -0.478 e. The molecule has 0 saturated heterocycles. The molecule has 11 nitrogen and oxygen atoms in total. The number of nitrogens with one attached hydrogen (secondary N) is 2. The Morgan fingerprint density at radius 1 is 1.16 bits per heavy atom. The molecule has 0 bridgehead atoms. The van der Waals surface area contributed by atoms with Crippen LogP contribution in [0.15, 0.2) is 35.3 Å². The number of carbonyl (C=O) groups excluding carboxylic acids is 2. The van der Waals surface area contributed by atoms with Crippen LogP contribution in [0.3, 0.4) is 0 Å². The zero-order valence-corrected chi connectivity index (χ0v) is 16.1. The normalized spacial score (nSPS) is 11.2. The summed E-state index contributed by atoms with van der Waals surface area (Å²) in [5, 5.41) is 11.2. The third-order valence-electron chi connectivity index (χ3n) is 4.00. The number of aromatic nitrogens is 4. The van der Waals surface area contributed by atoms with Crippen molar-refractivity contribution in [2.75, 3.05) is 10.2 Å². The number of carboxylic acid groups (broad SMARTS) is 1. The van der Waals surface area contributed by atoms with Crippen molar-refractivity contribution in [1.29, 1.82) is 0 Å². The summed E-state index contributed by atoms with van der Waals surface area (Å²) in [7, 11) is 0. The van der Waals surface area contributed by atoms with Crippen LogP contribution in [0, 0.1) is 0 Å². The molecule has 0 saturated carbocycles. The Labute approximate surface area is 175 Å². The monoisotopic (exact) mass is 456 g/mol. The fourth-order valence-electron chi connectivity index (χ4n) is 2.64. The van der Waals surface area contributed by atoms with Gasteiger partial charge in [0.05, 0.1) is 24.0 Å². The molecule has 0 aliphatic heterocycles. The molecule has 14 heteroatoms. The Hall–Kier alpha value is -4.36. The molecule has 0 aliphatic rings. The molecule has 0 aliphatic carbocycles. The van der Waals surface area contributed by atoms with Crippen LogP contribution in [0.2, 0.25) is 0 Å². The minimum absolute atomic E-state index is 0.169. The molecule has 1 aromatic carbocycles. The van der Waals surface area contributed by atoms with E-state index in [0.29, 0.717) is 4.90 Å². The van der Waals surface area contributed by atoms with Crippen LogP contribution >= 0.6 is 0 Å². The van der Waals surface area contributed by atoms with Gasteiger partial charge in [0, 0.05) is 12.6 Å². The molecule has 32 heavy (non-hydrogen) atoms. The summed E-state index contributed by atoms with van der Waals surface area (Å²) in [6.45, 7) is 0.467. The van der Waals surface area contributed by atoms with Crippen molar-refractivity contribution in [2.24, 2.45) is 0 Å². The summed E-state index contributed by atoms with van der Waals surface area (Å²) in [5.41, 5.74) is -1.92. The highest BCUT2D eigenvalue weighted by atomic mass is 19.4. The van der Waals surface area contributed by atoms with Crippen molar-refractivity contribution in [3.05, 3.63) is 52.1 Å². The summed E-state index contributed by atoms with van der Waals surface area (Å²) in [6, 6.07) is 4.16. The summed E-state index contributed by atoms with van der Waals surface area (Å²) in [5.74, 6) is -4.22. The zero-order chi connectivity index (χ0) is 23.6. The summed E-state index contributed by atoms with van der Waals surface area (Å²) in [4.78, 5) is 60.5. The van der Waals surface area contributed by atoms with E-state index in [9.17, 15) is 32.3 Å². The number of hydrogen-bond donors (Lipinski definition) is 3. The topological polar surface area (TPSA) is 158 Å². The number of nitrogens with zero attached hydrogens (tertiary/aromatic N) is 4. The van der Waals surface area contributed by atoms with Gasteiger partial charge in [-0.2, -0.15) is 18.2 Å². The smallest absolute Gasteiger partial charge is 0.471 e. The van der Waals surface area contributed by atoms with Crippen molar-refractivity contribution in [3.63, 3.8) is 0 Å². The van der Waals surface area contributed by atoms with Crippen molar-refractivity contribution < 1.29 is 32.7 Å². The molecule has 3 rings (SSSR count). The molecular weight excluding hydrogens is 443 g/mol. The number of carbonyl (C=O) groups is 3. The van der Waals surface area contributed by atoms with Gasteiger partial charge in [-0.1, -0.05) is 0 Å². The lowest BCUT2D eigenvalue weighted by atomic mass is 10.4. The van der Waals surface area contributed by atoms with Crippen molar-refractivity contribution in [1.82, 2.24) is 19.9 Å². The maximum Gasteiger partial charge on any atom is 0.471 e. The third-order valence-corrected chi connectivity index (χ3v) is 4.00. The van der Waals surface area contributed by atoms with Crippen LogP contribution in [0.1, 0.15) is 23.0 Å². The lowest BCUT2D eigenvalue weighted by molar-refractivity contribution is -0.170. The molecule has 0 fully saturated rings. The maximum absolute atomic E-state index is 13.1. The van der Waals surface area contributed by atoms with E-state index in [4.69, 9.17) is 5.11 Å². The van der Waals surface area contributed by atoms with E-state index in [1.165, 1.54) is 6.92 Å². The van der Waals surface area contributed by atoms with Gasteiger partial charge >= 0.3 is 18.1 Å². The number of benzene rings is 1. The second-order valence-corrected chi connectivity index (χ2v) is 6.37. The number of amides is 2. The number of aromatic carboxylic acids is 1. The lowest BCUT2D eigenvalue weighted by Crippen LogP contribution is -2.41. The second kappa shape index (κ2) is 8.41. The molecule has 2 amide bonds. The van der Waals surface area contributed by atoms with E-state index in [2.05, 4.69) is 25.3 Å². The predicted octanol–water partition coefficient (Wildman–Crippen LogP) is 1.47. The van der Waals surface area contributed by atoms with E-state index in [-0.39, 0.29) is 34.1 Å². The van der Waals surface area contributed by atoms with E-state index < -0.39 is 36.1 Å². The van der Waals surface area contributed by atoms with Crippen LogP contribution in [-0.4, -0.2) is 49.0 Å². The molecule has 0 radical (unpaired) electrons. The number of alkyl halides is 3. The first kappa shape index (κ1) is 22.3. The van der Waals surface area contributed by atoms with Gasteiger partial charge in [-0.3, -0.25) is 29.6 Å². The first-order valence-electron chi connectivity index (χ1n) is 8.71. The Balaban J connectivity index is 2.00. The zero-order valence-electron chi connectivity index (χ0n) is 16.1. The highest BCUT2D eigenvalue weighted by Gasteiger charge is 2.43. The van der Waals surface area contributed by atoms with Crippen molar-refractivity contribution >= 4 is 40.6 Å². The van der Waals surface area contributed by atoms with E-state index in [1.807, 2.05) is 0 Å². The van der Waals surface area contributed by atoms with Crippen LogP contribution in [-0.2, 0) is 16.1 Å². The highest BCUT2D eigenvalue weighted by Crippen LogP contribution is 2.26. The van der Waals surface area contributed by atoms with Gasteiger partial charge in [0.2, 0.25) is 11.9 Å².